The zero-order valence-electron chi connectivity index (χ0n) is 22.5. The molecule has 1 fully saturated rings. The second-order valence-electron chi connectivity index (χ2n) is 10.9. The van der Waals surface area contributed by atoms with E-state index in [1.165, 1.54) is 17.0 Å². The van der Waals surface area contributed by atoms with Gasteiger partial charge in [-0.1, -0.05) is 72.3 Å². The van der Waals surface area contributed by atoms with Crippen LogP contribution in [0.1, 0.15) is 50.0 Å². The average molecular weight is 577 g/mol. The van der Waals surface area contributed by atoms with Gasteiger partial charge in [0.15, 0.2) is 6.61 Å². The first kappa shape index (κ1) is 26.2. The molecule has 208 valence electrons. The van der Waals surface area contributed by atoms with E-state index in [2.05, 4.69) is 29.6 Å². The van der Waals surface area contributed by atoms with E-state index in [4.69, 9.17) is 16.3 Å². The van der Waals surface area contributed by atoms with Crippen LogP contribution in [0.25, 0.3) is 0 Å². The molecule has 0 saturated carbocycles. The number of imide groups is 1. The Labute approximate surface area is 247 Å². The van der Waals surface area contributed by atoms with Crippen LogP contribution in [0.5, 0.6) is 0 Å². The van der Waals surface area contributed by atoms with Crippen LogP contribution in [-0.2, 0) is 19.1 Å². The van der Waals surface area contributed by atoms with E-state index in [-0.39, 0.29) is 29.2 Å². The first-order valence-electron chi connectivity index (χ1n) is 13.7. The van der Waals surface area contributed by atoms with E-state index < -0.39 is 30.3 Å². The summed E-state index contributed by atoms with van der Waals surface area (Å²) in [6, 6.07) is 27.4. The molecule has 4 aliphatic rings. The normalized spacial score (nSPS) is 21.4. The highest BCUT2D eigenvalue weighted by molar-refractivity contribution is 6.31. The number of carbonyl (C=O) groups excluding carboxylic acids is 4. The van der Waals surface area contributed by atoms with Crippen LogP contribution in [0.2, 0.25) is 5.02 Å². The number of halogens is 1. The molecule has 2 bridgehead atoms. The number of nitrogens with one attached hydrogen (secondary N) is 1. The second kappa shape index (κ2) is 9.96. The minimum atomic E-state index is -0.745. The van der Waals surface area contributed by atoms with E-state index >= 15 is 0 Å². The van der Waals surface area contributed by atoms with Gasteiger partial charge in [0.25, 0.3) is 5.91 Å². The Balaban J connectivity index is 1.12. The van der Waals surface area contributed by atoms with Crippen LogP contribution < -0.4 is 10.2 Å². The fraction of sp³-hybridized carbons (Fsp3) is 0.176. The Morgan fingerprint density at radius 2 is 1.36 bits per heavy atom. The van der Waals surface area contributed by atoms with Crippen molar-refractivity contribution in [1.82, 2.24) is 0 Å². The first-order valence-corrected chi connectivity index (χ1v) is 14.1. The minimum absolute atomic E-state index is 0.128. The lowest BCUT2D eigenvalue weighted by atomic mass is 9.55. The van der Waals surface area contributed by atoms with Crippen LogP contribution in [0.3, 0.4) is 0 Å². The summed E-state index contributed by atoms with van der Waals surface area (Å²) in [5, 5.41) is 3.15. The molecule has 1 heterocycles. The van der Waals surface area contributed by atoms with Crippen molar-refractivity contribution in [2.45, 2.75) is 18.8 Å². The number of aryl methyl sites for hydroxylation is 1. The molecule has 1 N–H and O–H groups in total. The van der Waals surface area contributed by atoms with Crippen LogP contribution in [-0.4, -0.2) is 30.3 Å². The number of esters is 1. The van der Waals surface area contributed by atoms with Gasteiger partial charge in [-0.25, -0.2) is 9.69 Å². The maximum atomic E-state index is 14.0. The predicted octanol–water partition coefficient (Wildman–Crippen LogP) is 5.84. The fourth-order valence-electron chi connectivity index (χ4n) is 6.79. The van der Waals surface area contributed by atoms with Crippen LogP contribution in [0.15, 0.2) is 91.0 Å². The number of hydrogen-bond donors (Lipinski definition) is 1. The van der Waals surface area contributed by atoms with Crippen molar-refractivity contribution in [3.8, 4) is 0 Å². The first-order chi connectivity index (χ1) is 20.3. The summed E-state index contributed by atoms with van der Waals surface area (Å²) in [7, 11) is 0. The number of amides is 3. The highest BCUT2D eigenvalue weighted by Gasteiger charge is 2.61. The summed E-state index contributed by atoms with van der Waals surface area (Å²) in [5.74, 6) is -3.30. The number of benzene rings is 4. The van der Waals surface area contributed by atoms with Gasteiger partial charge in [0.1, 0.15) is 0 Å². The van der Waals surface area contributed by atoms with E-state index in [9.17, 15) is 19.2 Å². The Morgan fingerprint density at radius 1 is 0.786 bits per heavy atom. The molecule has 8 heteroatoms. The molecule has 8 rings (SSSR count). The zero-order chi connectivity index (χ0) is 29.1. The molecule has 4 aromatic carbocycles. The molecule has 0 radical (unpaired) electrons. The summed E-state index contributed by atoms with van der Waals surface area (Å²) in [6.07, 6.45) is 0. The standard InChI is InChI=1S/C34H25ClN2O5/c1-18-13-14-20(16-26(18)35)36-27(38)17-42-34(41)19-7-6-8-21(15-19)37-32(39)30-28-22-9-2-3-10-23(22)29(31(30)33(37)40)25-12-5-4-11-24(25)28/h2-16,28-31H,17H2,1H3,(H,36,38)/t28?,29?,30-,31+. The molecule has 0 unspecified atom stereocenters. The van der Waals surface area contributed by atoms with Gasteiger partial charge < -0.3 is 10.1 Å². The minimum Gasteiger partial charge on any atom is -0.452 e. The van der Waals surface area contributed by atoms with E-state index in [0.29, 0.717) is 16.4 Å². The van der Waals surface area contributed by atoms with Crippen molar-refractivity contribution < 1.29 is 23.9 Å². The molecule has 3 aliphatic carbocycles. The van der Waals surface area contributed by atoms with Crippen LogP contribution >= 0.6 is 11.6 Å². The van der Waals surface area contributed by atoms with Gasteiger partial charge in [0, 0.05) is 22.5 Å². The molecule has 42 heavy (non-hydrogen) atoms. The quantitative estimate of drug-likeness (QED) is 0.238. The Bertz CT molecular complexity index is 1700. The van der Waals surface area contributed by atoms with Crippen LogP contribution in [0, 0.1) is 18.8 Å². The molecule has 2 atom stereocenters. The summed E-state index contributed by atoms with van der Waals surface area (Å²) in [6.45, 7) is 1.34. The molecule has 1 saturated heterocycles. The van der Waals surface area contributed by atoms with Gasteiger partial charge in [0.2, 0.25) is 11.8 Å². The van der Waals surface area contributed by atoms with Gasteiger partial charge >= 0.3 is 5.97 Å². The molecule has 4 aromatic rings. The molecule has 0 spiro atoms. The van der Waals surface area contributed by atoms with Crippen molar-refractivity contribution in [3.05, 3.63) is 129 Å². The van der Waals surface area contributed by atoms with Gasteiger partial charge in [-0.3, -0.25) is 14.4 Å². The summed E-state index contributed by atoms with van der Waals surface area (Å²) >= 11 is 6.11. The van der Waals surface area contributed by atoms with Crippen molar-refractivity contribution in [2.24, 2.45) is 11.8 Å². The van der Waals surface area contributed by atoms with E-state index in [1.807, 2.05) is 31.2 Å². The van der Waals surface area contributed by atoms with Gasteiger partial charge in [-0.2, -0.15) is 0 Å². The third kappa shape index (κ3) is 4.03. The maximum Gasteiger partial charge on any atom is 0.338 e. The molecule has 0 aromatic heterocycles. The lowest BCUT2D eigenvalue weighted by Crippen LogP contribution is -2.41. The largest absolute Gasteiger partial charge is 0.452 e. The van der Waals surface area contributed by atoms with Crippen molar-refractivity contribution in [3.63, 3.8) is 0 Å². The van der Waals surface area contributed by atoms with Crippen molar-refractivity contribution in [1.29, 1.82) is 0 Å². The van der Waals surface area contributed by atoms with Crippen molar-refractivity contribution >= 4 is 46.7 Å². The lowest BCUT2D eigenvalue weighted by Gasteiger charge is -2.45. The highest BCUT2D eigenvalue weighted by Crippen LogP contribution is 2.61. The number of hydrogen-bond acceptors (Lipinski definition) is 5. The van der Waals surface area contributed by atoms with E-state index in [0.717, 1.165) is 27.8 Å². The van der Waals surface area contributed by atoms with E-state index in [1.54, 1.807) is 30.3 Å². The average Bonchev–Trinajstić information content (AvgIpc) is 3.27. The Morgan fingerprint density at radius 3 is 1.90 bits per heavy atom. The zero-order valence-corrected chi connectivity index (χ0v) is 23.3. The maximum absolute atomic E-state index is 14.0. The molecular formula is C34H25ClN2O5. The van der Waals surface area contributed by atoms with Gasteiger partial charge in [0.05, 0.1) is 23.1 Å². The molecule has 1 aliphatic heterocycles. The smallest absolute Gasteiger partial charge is 0.338 e. The predicted molar refractivity (Wildman–Crippen MR) is 158 cm³/mol. The highest BCUT2D eigenvalue weighted by atomic mass is 35.5. The third-order valence-electron chi connectivity index (χ3n) is 8.58. The third-order valence-corrected chi connectivity index (χ3v) is 8.99. The van der Waals surface area contributed by atoms with Gasteiger partial charge in [-0.15, -0.1) is 0 Å². The Kier molecular flexibility index (Phi) is 6.21. The number of rotatable bonds is 5. The lowest BCUT2D eigenvalue weighted by molar-refractivity contribution is -0.122. The number of nitrogens with zero attached hydrogens (tertiary/aromatic N) is 1. The number of anilines is 2. The van der Waals surface area contributed by atoms with Crippen molar-refractivity contribution in [2.75, 3.05) is 16.8 Å². The number of carbonyl (C=O) groups is 4. The fourth-order valence-corrected chi connectivity index (χ4v) is 6.97. The summed E-state index contributed by atoms with van der Waals surface area (Å²) in [5.41, 5.74) is 6.16. The summed E-state index contributed by atoms with van der Waals surface area (Å²) in [4.78, 5) is 54.5. The van der Waals surface area contributed by atoms with Crippen LogP contribution in [0.4, 0.5) is 11.4 Å². The summed E-state index contributed by atoms with van der Waals surface area (Å²) < 4.78 is 5.24. The molecule has 7 nitrogen and oxygen atoms in total. The van der Waals surface area contributed by atoms with Gasteiger partial charge in [-0.05, 0) is 65.1 Å². The second-order valence-corrected chi connectivity index (χ2v) is 11.3. The Hall–Kier alpha value is -4.75. The SMILES string of the molecule is Cc1ccc(NC(=O)COC(=O)c2cccc(N3C(=O)[C@@H]4C5c6ccccc6C(c6ccccc65)[C@@H]4C3=O)c2)cc1Cl. The topological polar surface area (TPSA) is 92.8 Å². The molecule has 3 amide bonds. The number of ether oxygens (including phenoxy) is 1. The monoisotopic (exact) mass is 576 g/mol. The molecular weight excluding hydrogens is 552 g/mol.